The van der Waals surface area contributed by atoms with Crippen molar-refractivity contribution in [2.75, 3.05) is 32.2 Å². The molecule has 34 heavy (non-hydrogen) atoms. The summed E-state index contributed by atoms with van der Waals surface area (Å²) in [5.74, 6) is 1.57. The number of carbonyl (C=O) groups is 2. The summed E-state index contributed by atoms with van der Waals surface area (Å²) < 4.78 is 18.6. The van der Waals surface area contributed by atoms with E-state index in [9.17, 15) is 14.0 Å². The topological polar surface area (TPSA) is 61.9 Å². The molecule has 2 aromatic rings. The molecule has 6 nitrogen and oxygen atoms in total. The van der Waals surface area contributed by atoms with Crippen molar-refractivity contribution >= 4 is 23.6 Å². The lowest BCUT2D eigenvalue weighted by molar-refractivity contribution is -0.137. The SMILES string of the molecule is COc1ccc(CC(=O)N2CCC3(CC2)NC(CCSC)C(=O)N3Cc2ccc(F)cc2)cc1. The number of likely N-dealkylation sites (tertiary alicyclic amines) is 1. The van der Waals surface area contributed by atoms with Gasteiger partial charge in [0.1, 0.15) is 11.6 Å². The van der Waals surface area contributed by atoms with Gasteiger partial charge in [-0.25, -0.2) is 4.39 Å². The number of carbonyl (C=O) groups excluding carboxylic acids is 2. The van der Waals surface area contributed by atoms with Crippen molar-refractivity contribution in [3.63, 3.8) is 0 Å². The zero-order valence-electron chi connectivity index (χ0n) is 19.8. The highest BCUT2D eigenvalue weighted by atomic mass is 32.2. The number of hydrogen-bond donors (Lipinski definition) is 1. The second-order valence-electron chi connectivity index (χ2n) is 8.97. The summed E-state index contributed by atoms with van der Waals surface area (Å²) >= 11 is 1.73. The largest absolute Gasteiger partial charge is 0.497 e. The fourth-order valence-electron chi connectivity index (χ4n) is 4.87. The Bertz CT molecular complexity index is 991. The van der Waals surface area contributed by atoms with Gasteiger partial charge in [-0.3, -0.25) is 14.9 Å². The van der Waals surface area contributed by atoms with Crippen molar-refractivity contribution in [2.24, 2.45) is 0 Å². The van der Waals surface area contributed by atoms with Crippen LogP contribution in [0.15, 0.2) is 48.5 Å². The average molecular weight is 486 g/mol. The monoisotopic (exact) mass is 485 g/mol. The van der Waals surface area contributed by atoms with Crippen molar-refractivity contribution in [3.8, 4) is 5.75 Å². The normalized spacial score (nSPS) is 19.6. The van der Waals surface area contributed by atoms with E-state index in [1.165, 1.54) is 12.1 Å². The van der Waals surface area contributed by atoms with E-state index >= 15 is 0 Å². The predicted octanol–water partition coefficient (Wildman–Crippen LogP) is 3.45. The van der Waals surface area contributed by atoms with Gasteiger partial charge in [0, 0.05) is 32.5 Å². The Morgan fingerprint density at radius 3 is 2.38 bits per heavy atom. The van der Waals surface area contributed by atoms with Crippen LogP contribution in [0.3, 0.4) is 0 Å². The molecule has 0 radical (unpaired) electrons. The molecule has 2 amide bonds. The standard InChI is InChI=1S/C26H32FN3O3S/c1-33-22-9-5-19(6-10-22)17-24(31)29-14-12-26(13-15-29)28-23(11-16-34-2)25(32)30(26)18-20-3-7-21(27)8-4-20/h3-10,23,28H,11-18H2,1-2H3. The highest BCUT2D eigenvalue weighted by molar-refractivity contribution is 7.98. The molecule has 0 saturated carbocycles. The van der Waals surface area contributed by atoms with Crippen LogP contribution in [0.25, 0.3) is 0 Å². The van der Waals surface area contributed by atoms with Crippen LogP contribution < -0.4 is 10.1 Å². The lowest BCUT2D eigenvalue weighted by Crippen LogP contribution is -2.59. The molecule has 2 aliphatic rings. The van der Waals surface area contributed by atoms with Crippen LogP contribution in [0.1, 0.15) is 30.4 Å². The number of amides is 2. The number of nitrogens with zero attached hydrogens (tertiary/aromatic N) is 2. The number of piperidine rings is 1. The lowest BCUT2D eigenvalue weighted by Gasteiger charge is -2.44. The smallest absolute Gasteiger partial charge is 0.241 e. The van der Waals surface area contributed by atoms with Gasteiger partial charge < -0.3 is 14.5 Å². The number of hydrogen-bond acceptors (Lipinski definition) is 5. The molecule has 1 spiro atoms. The van der Waals surface area contributed by atoms with E-state index in [-0.39, 0.29) is 23.7 Å². The van der Waals surface area contributed by atoms with Crippen molar-refractivity contribution in [2.45, 2.75) is 43.9 Å². The molecule has 1 unspecified atom stereocenters. The van der Waals surface area contributed by atoms with Crippen molar-refractivity contribution in [1.29, 1.82) is 0 Å². The molecule has 0 bridgehead atoms. The highest BCUT2D eigenvalue weighted by Gasteiger charge is 2.51. The first kappa shape index (κ1) is 24.5. The molecule has 0 aromatic heterocycles. The lowest BCUT2D eigenvalue weighted by atomic mass is 9.94. The number of ether oxygens (including phenoxy) is 1. The zero-order chi connectivity index (χ0) is 24.1. The van der Waals surface area contributed by atoms with Gasteiger partial charge in [-0.15, -0.1) is 0 Å². The maximum Gasteiger partial charge on any atom is 0.241 e. The summed E-state index contributed by atoms with van der Waals surface area (Å²) in [6, 6.07) is 13.7. The Balaban J connectivity index is 1.44. The fraction of sp³-hybridized carbons (Fsp3) is 0.462. The Hall–Kier alpha value is -2.58. The molecule has 2 heterocycles. The number of methoxy groups -OCH3 is 1. The Kier molecular flexibility index (Phi) is 7.78. The third-order valence-corrected chi connectivity index (χ3v) is 7.49. The van der Waals surface area contributed by atoms with Crippen LogP contribution in [0.4, 0.5) is 4.39 Å². The number of thioether (sulfide) groups is 1. The van der Waals surface area contributed by atoms with Crippen LogP contribution in [0, 0.1) is 5.82 Å². The first-order chi connectivity index (χ1) is 16.4. The quantitative estimate of drug-likeness (QED) is 0.621. The number of halogens is 1. The summed E-state index contributed by atoms with van der Waals surface area (Å²) in [5, 5.41) is 3.63. The van der Waals surface area contributed by atoms with E-state index in [4.69, 9.17) is 4.74 Å². The molecule has 4 rings (SSSR count). The summed E-state index contributed by atoms with van der Waals surface area (Å²) in [6.45, 7) is 1.61. The zero-order valence-corrected chi connectivity index (χ0v) is 20.6. The minimum atomic E-state index is -0.481. The minimum Gasteiger partial charge on any atom is -0.497 e. The van der Waals surface area contributed by atoms with Crippen LogP contribution in [-0.4, -0.2) is 65.5 Å². The van der Waals surface area contributed by atoms with Crippen LogP contribution >= 0.6 is 11.8 Å². The van der Waals surface area contributed by atoms with E-state index in [2.05, 4.69) is 5.32 Å². The Labute approximate surface area is 204 Å². The predicted molar refractivity (Wildman–Crippen MR) is 132 cm³/mol. The number of nitrogens with one attached hydrogen (secondary N) is 1. The molecule has 182 valence electrons. The fourth-order valence-corrected chi connectivity index (χ4v) is 5.34. The van der Waals surface area contributed by atoms with Crippen LogP contribution in [0.5, 0.6) is 5.75 Å². The van der Waals surface area contributed by atoms with Gasteiger partial charge in [-0.2, -0.15) is 11.8 Å². The maximum absolute atomic E-state index is 13.4. The Morgan fingerprint density at radius 1 is 1.12 bits per heavy atom. The first-order valence-electron chi connectivity index (χ1n) is 11.7. The van der Waals surface area contributed by atoms with Gasteiger partial charge in [0.25, 0.3) is 0 Å². The summed E-state index contributed by atoms with van der Waals surface area (Å²) in [7, 11) is 1.62. The van der Waals surface area contributed by atoms with E-state index in [1.54, 1.807) is 31.0 Å². The van der Waals surface area contributed by atoms with Crippen LogP contribution in [-0.2, 0) is 22.6 Å². The molecule has 1 N–H and O–H groups in total. The average Bonchev–Trinajstić information content (AvgIpc) is 3.10. The molecule has 1 atom stereocenters. The molecular formula is C26H32FN3O3S. The molecule has 2 fully saturated rings. The molecule has 2 saturated heterocycles. The van der Waals surface area contributed by atoms with Gasteiger partial charge in [0.2, 0.25) is 11.8 Å². The summed E-state index contributed by atoms with van der Waals surface area (Å²) in [5.41, 5.74) is 1.38. The van der Waals surface area contributed by atoms with Gasteiger partial charge >= 0.3 is 0 Å². The van der Waals surface area contributed by atoms with E-state index in [0.29, 0.717) is 38.9 Å². The molecule has 2 aliphatic heterocycles. The molecule has 2 aromatic carbocycles. The summed E-state index contributed by atoms with van der Waals surface area (Å²) in [6.07, 6.45) is 4.49. The van der Waals surface area contributed by atoms with Gasteiger partial charge in [0.05, 0.1) is 25.2 Å². The minimum absolute atomic E-state index is 0.0911. The molecule has 0 aliphatic carbocycles. The molecule has 8 heteroatoms. The second-order valence-corrected chi connectivity index (χ2v) is 9.95. The summed E-state index contributed by atoms with van der Waals surface area (Å²) in [4.78, 5) is 30.1. The maximum atomic E-state index is 13.4. The Morgan fingerprint density at radius 2 is 1.76 bits per heavy atom. The highest BCUT2D eigenvalue weighted by Crippen LogP contribution is 2.35. The third-order valence-electron chi connectivity index (χ3n) is 6.85. The third kappa shape index (κ3) is 5.39. The van der Waals surface area contributed by atoms with E-state index in [1.807, 2.05) is 40.3 Å². The number of benzene rings is 2. The van der Waals surface area contributed by atoms with Gasteiger partial charge in [-0.1, -0.05) is 24.3 Å². The number of rotatable bonds is 8. The van der Waals surface area contributed by atoms with E-state index < -0.39 is 5.66 Å². The van der Waals surface area contributed by atoms with Crippen molar-refractivity contribution < 1.29 is 18.7 Å². The van der Waals surface area contributed by atoms with Gasteiger partial charge in [0.15, 0.2) is 0 Å². The second kappa shape index (κ2) is 10.8. The van der Waals surface area contributed by atoms with Crippen molar-refractivity contribution in [1.82, 2.24) is 15.1 Å². The van der Waals surface area contributed by atoms with E-state index in [0.717, 1.165) is 29.1 Å². The van der Waals surface area contributed by atoms with Gasteiger partial charge in [-0.05, 0) is 53.8 Å². The van der Waals surface area contributed by atoms with Crippen LogP contribution in [0.2, 0.25) is 0 Å². The van der Waals surface area contributed by atoms with Crippen molar-refractivity contribution in [3.05, 3.63) is 65.5 Å². The first-order valence-corrected chi connectivity index (χ1v) is 13.1. The molecular weight excluding hydrogens is 453 g/mol.